The molecule has 1 aliphatic rings. The smallest absolute Gasteiger partial charge is 0.309 e. The molecule has 0 radical (unpaired) electrons. The maximum Gasteiger partial charge on any atom is 0.309 e. The van der Waals surface area contributed by atoms with Crippen LogP contribution < -0.4 is 0 Å². The van der Waals surface area contributed by atoms with E-state index in [0.717, 1.165) is 50.4 Å². The Morgan fingerprint density at radius 2 is 0.547 bits per heavy atom. The Hall–Kier alpha value is -0.393. The van der Waals surface area contributed by atoms with Crippen molar-refractivity contribution in [3.05, 3.63) is 0 Å². The van der Waals surface area contributed by atoms with E-state index >= 15 is 0 Å². The zero-order valence-corrected chi connectivity index (χ0v) is 68.0. The second-order valence-electron chi connectivity index (χ2n) is 34.4. The van der Waals surface area contributed by atoms with E-state index in [2.05, 4.69) is 54.6 Å². The van der Waals surface area contributed by atoms with Crippen LogP contribution in [0.2, 0.25) is 18.1 Å². The van der Waals surface area contributed by atoms with Crippen molar-refractivity contribution >= 4 is 14.3 Å². The number of aliphatic hydroxyl groups excluding tert-OH is 1. The van der Waals surface area contributed by atoms with Crippen LogP contribution in [0.15, 0.2) is 0 Å². The molecule has 0 bridgehead atoms. The molecule has 5 heteroatoms. The average molecular weight is 1350 g/mol. The Morgan fingerprint density at radius 1 is 0.337 bits per heavy atom. The quantitative estimate of drug-likeness (QED) is 0.0470. The molecular weight excluding hydrogens is 1170 g/mol. The second kappa shape index (κ2) is 69.3. The standard InChI is InChI=1S/C90H180O4Si/c1-9-11-13-15-17-19-21-23-25-27-28-29-30-31-32-37-43-49-55-61-67-73-79-86(89(92)93)88(94-95(7,8)90(4,5)6)81-75-69-63-57-51-45-39-42-48-54-60-66-72-78-85-82-84(85)77-71-65-59-53-47-41-36-33-34-38-44-50-56-62-68-74-80-87(91)83(3)76-70-64-58-52-46-40-35-26-24-22-20-18-16-14-12-10-2/h83-88,91H,9-82H2,1-8H3,(H,92,93)/t83-,84-,85+,86+,87-,88+/m0/s1. The predicted octanol–water partition coefficient (Wildman–Crippen LogP) is 32.2. The fourth-order valence-corrected chi connectivity index (χ4v) is 17.2. The second-order valence-corrected chi connectivity index (χ2v) is 39.1. The van der Waals surface area contributed by atoms with Crippen molar-refractivity contribution in [1.29, 1.82) is 0 Å². The van der Waals surface area contributed by atoms with E-state index in [1.54, 1.807) is 6.42 Å². The molecule has 0 heterocycles. The first kappa shape index (κ1) is 92.6. The SMILES string of the molecule is CCCCCCCCCCCCCCCCCCCCCCCC[C@@H](C(=O)O)[C@@H](CCCCCCCCCCCCCCC[C@@H]1C[C@@H]1CCCCCCCCCCCCCCCCCC[C@H](O)[C@@H](C)CCCCCCCCCCCCCCCCCC)O[Si](C)(C)C(C)(C)C. The molecule has 1 aliphatic carbocycles. The molecule has 0 aromatic carbocycles. The number of unbranched alkanes of at least 4 members (excludes halogenated alkanes) is 63. The largest absolute Gasteiger partial charge is 0.481 e. The number of hydrogen-bond donors (Lipinski definition) is 2. The maximum absolute atomic E-state index is 12.8. The van der Waals surface area contributed by atoms with Crippen molar-refractivity contribution in [2.45, 2.75) is 547 Å². The summed E-state index contributed by atoms with van der Waals surface area (Å²) in [4.78, 5) is 12.8. The van der Waals surface area contributed by atoms with E-state index in [1.165, 1.54) is 430 Å². The molecular formula is C90H180O4Si. The van der Waals surface area contributed by atoms with Gasteiger partial charge in [-0.2, -0.15) is 0 Å². The molecule has 95 heavy (non-hydrogen) atoms. The molecule has 0 amide bonds. The molecule has 0 saturated heterocycles. The van der Waals surface area contributed by atoms with Gasteiger partial charge in [0.25, 0.3) is 0 Å². The van der Waals surface area contributed by atoms with E-state index in [1.807, 2.05) is 0 Å². The lowest BCUT2D eigenvalue weighted by atomic mass is 9.91. The summed E-state index contributed by atoms with van der Waals surface area (Å²) in [6.07, 6.45) is 102. The van der Waals surface area contributed by atoms with Gasteiger partial charge in [-0.3, -0.25) is 4.79 Å². The highest BCUT2D eigenvalue weighted by Gasteiger charge is 2.42. The molecule has 2 N–H and O–H groups in total. The Morgan fingerprint density at radius 3 is 0.789 bits per heavy atom. The zero-order chi connectivity index (χ0) is 69.1. The monoisotopic (exact) mass is 1350 g/mol. The van der Waals surface area contributed by atoms with Crippen molar-refractivity contribution in [3.63, 3.8) is 0 Å². The van der Waals surface area contributed by atoms with Gasteiger partial charge in [0.05, 0.1) is 18.1 Å². The van der Waals surface area contributed by atoms with Gasteiger partial charge < -0.3 is 14.6 Å². The molecule has 1 saturated carbocycles. The molecule has 4 nitrogen and oxygen atoms in total. The normalized spacial score (nSPS) is 15.7. The van der Waals surface area contributed by atoms with E-state index in [-0.39, 0.29) is 23.2 Å². The van der Waals surface area contributed by atoms with Crippen LogP contribution in [0.1, 0.15) is 517 Å². The van der Waals surface area contributed by atoms with Crippen LogP contribution in [-0.2, 0) is 9.22 Å². The molecule has 0 aromatic heterocycles. The topological polar surface area (TPSA) is 66.8 Å². The minimum absolute atomic E-state index is 0.0804. The summed E-state index contributed by atoms with van der Waals surface area (Å²) < 4.78 is 6.98. The summed E-state index contributed by atoms with van der Waals surface area (Å²) in [6.45, 7) is 18.4. The maximum atomic E-state index is 12.8. The molecule has 0 aromatic rings. The highest BCUT2D eigenvalue weighted by molar-refractivity contribution is 6.74. The summed E-state index contributed by atoms with van der Waals surface area (Å²) in [5, 5.41) is 21.3. The van der Waals surface area contributed by atoms with Gasteiger partial charge in [0.2, 0.25) is 0 Å². The third-order valence-electron chi connectivity index (χ3n) is 24.0. The van der Waals surface area contributed by atoms with Gasteiger partial charge in [-0.25, -0.2) is 0 Å². The summed E-state index contributed by atoms with van der Waals surface area (Å²) in [5.41, 5.74) is 0. The van der Waals surface area contributed by atoms with Crippen LogP contribution in [0, 0.1) is 23.7 Å². The Kier molecular flexibility index (Phi) is 67.6. The van der Waals surface area contributed by atoms with Gasteiger partial charge in [-0.15, -0.1) is 0 Å². The number of aliphatic hydroxyl groups is 1. The lowest BCUT2D eigenvalue weighted by Crippen LogP contribution is -2.47. The van der Waals surface area contributed by atoms with Crippen LogP contribution >= 0.6 is 0 Å². The lowest BCUT2D eigenvalue weighted by molar-refractivity contribution is -0.145. The summed E-state index contributed by atoms with van der Waals surface area (Å²) >= 11 is 0. The number of carboxylic acid groups (broad SMARTS) is 1. The van der Waals surface area contributed by atoms with Crippen molar-refractivity contribution < 1.29 is 19.4 Å². The van der Waals surface area contributed by atoms with Crippen molar-refractivity contribution in [3.8, 4) is 0 Å². The fraction of sp³-hybridized carbons (Fsp3) is 0.989. The predicted molar refractivity (Wildman–Crippen MR) is 428 cm³/mol. The van der Waals surface area contributed by atoms with Gasteiger partial charge in [0.1, 0.15) is 0 Å². The van der Waals surface area contributed by atoms with E-state index in [4.69, 9.17) is 4.43 Å². The van der Waals surface area contributed by atoms with E-state index < -0.39 is 14.3 Å². The minimum atomic E-state index is -2.08. The lowest BCUT2D eigenvalue weighted by Gasteiger charge is -2.41. The van der Waals surface area contributed by atoms with Gasteiger partial charge in [-0.05, 0) is 68.0 Å². The third kappa shape index (κ3) is 61.9. The summed E-state index contributed by atoms with van der Waals surface area (Å²) in [5.74, 6) is 1.63. The van der Waals surface area contributed by atoms with E-state index in [9.17, 15) is 15.0 Å². The van der Waals surface area contributed by atoms with Gasteiger partial charge in [0, 0.05) is 0 Å². The summed E-state index contributed by atoms with van der Waals surface area (Å²) in [6, 6.07) is 0. The first-order valence-electron chi connectivity index (χ1n) is 44.9. The van der Waals surface area contributed by atoms with Crippen LogP contribution in [0.4, 0.5) is 0 Å². The van der Waals surface area contributed by atoms with Crippen LogP contribution in [0.25, 0.3) is 0 Å². The highest BCUT2D eigenvalue weighted by Crippen LogP contribution is 2.46. The van der Waals surface area contributed by atoms with Crippen LogP contribution in [0.5, 0.6) is 0 Å². The number of carbonyl (C=O) groups is 1. The molecule has 6 atom stereocenters. The Bertz CT molecular complexity index is 1520. The number of carboxylic acids is 1. The fourth-order valence-electron chi connectivity index (χ4n) is 15.8. The van der Waals surface area contributed by atoms with Gasteiger partial charge >= 0.3 is 5.97 Å². The molecule has 1 rings (SSSR count). The van der Waals surface area contributed by atoms with Crippen molar-refractivity contribution in [2.24, 2.45) is 23.7 Å². The van der Waals surface area contributed by atoms with Crippen molar-refractivity contribution in [1.82, 2.24) is 0 Å². The molecule has 568 valence electrons. The Labute approximate surface area is 601 Å². The minimum Gasteiger partial charge on any atom is -0.481 e. The van der Waals surface area contributed by atoms with E-state index in [0.29, 0.717) is 5.92 Å². The first-order valence-corrected chi connectivity index (χ1v) is 47.8. The average Bonchev–Trinajstić information content (AvgIpc) is 1.10. The highest BCUT2D eigenvalue weighted by atomic mass is 28.4. The van der Waals surface area contributed by atoms with Crippen LogP contribution in [-0.4, -0.2) is 36.7 Å². The Balaban J connectivity index is 1.91. The third-order valence-corrected chi connectivity index (χ3v) is 28.5. The summed E-state index contributed by atoms with van der Waals surface area (Å²) in [7, 11) is -2.08. The number of rotatable bonds is 80. The zero-order valence-electron chi connectivity index (χ0n) is 67.0. The molecule has 0 unspecified atom stereocenters. The number of aliphatic carboxylic acids is 1. The van der Waals surface area contributed by atoms with Crippen molar-refractivity contribution in [2.75, 3.05) is 0 Å². The van der Waals surface area contributed by atoms with Gasteiger partial charge in [0.15, 0.2) is 8.32 Å². The van der Waals surface area contributed by atoms with Crippen LogP contribution in [0.3, 0.4) is 0 Å². The van der Waals surface area contributed by atoms with Gasteiger partial charge in [-0.1, -0.05) is 485 Å². The molecule has 1 fully saturated rings. The molecule has 0 spiro atoms. The molecule has 0 aliphatic heterocycles. The number of hydrogen-bond acceptors (Lipinski definition) is 3. The first-order chi connectivity index (χ1) is 46.3.